The summed E-state index contributed by atoms with van der Waals surface area (Å²) in [5, 5.41) is 8.60. The van der Waals surface area contributed by atoms with E-state index in [0.717, 1.165) is 11.1 Å². The van der Waals surface area contributed by atoms with Gasteiger partial charge in [-0.25, -0.2) is 8.42 Å². The molecule has 0 unspecified atom stereocenters. The number of aryl methyl sites for hydroxylation is 1. The number of hydrogen-bond acceptors (Lipinski definition) is 6. The van der Waals surface area contributed by atoms with Crippen LogP contribution in [0.1, 0.15) is 16.1 Å². The highest BCUT2D eigenvalue weighted by Gasteiger charge is 2.26. The number of nitrogen functional groups attached to an aromatic ring is 1. The molecule has 0 saturated heterocycles. The van der Waals surface area contributed by atoms with E-state index < -0.39 is 10.0 Å². The minimum atomic E-state index is -3.67. The summed E-state index contributed by atoms with van der Waals surface area (Å²) in [6, 6.07) is 16.3. The van der Waals surface area contributed by atoms with Crippen molar-refractivity contribution in [2.45, 2.75) is 24.9 Å². The molecule has 0 aliphatic rings. The van der Waals surface area contributed by atoms with E-state index in [0.29, 0.717) is 10.1 Å². The van der Waals surface area contributed by atoms with Crippen molar-refractivity contribution in [3.63, 3.8) is 0 Å². The molecule has 1 heterocycles. The number of hydrogen-bond donors (Lipinski definition) is 1. The molecule has 0 atom stereocenters. The lowest BCUT2D eigenvalue weighted by Gasteiger charge is -2.21. The van der Waals surface area contributed by atoms with Crippen LogP contribution in [-0.2, 0) is 23.1 Å². The fourth-order valence-corrected chi connectivity index (χ4v) is 4.45. The largest absolute Gasteiger partial charge is 0.374 e. The zero-order valence-corrected chi connectivity index (χ0v) is 15.3. The third kappa shape index (κ3) is 4.22. The summed E-state index contributed by atoms with van der Waals surface area (Å²) in [6.07, 6.45) is 0. The van der Waals surface area contributed by atoms with Gasteiger partial charge in [-0.05, 0) is 24.6 Å². The molecule has 0 fully saturated rings. The van der Waals surface area contributed by atoms with Gasteiger partial charge in [0.25, 0.3) is 0 Å². The van der Waals surface area contributed by atoms with Gasteiger partial charge in [0.2, 0.25) is 15.2 Å². The van der Waals surface area contributed by atoms with Crippen LogP contribution in [0.25, 0.3) is 0 Å². The van der Waals surface area contributed by atoms with Crippen LogP contribution in [0.2, 0.25) is 0 Å². The number of benzene rings is 2. The summed E-state index contributed by atoms with van der Waals surface area (Å²) in [4.78, 5) is 0.256. The molecule has 1 aromatic heterocycles. The lowest BCUT2D eigenvalue weighted by Crippen LogP contribution is -2.30. The standard InChI is InChI=1S/C17H18N4O2S2/c1-13-7-9-15(10-8-13)25(22,23)21(11-14-5-3-2-4-6-14)12-16-19-20-17(18)24-16/h2-10H,11-12H2,1H3,(H2,18,20). The Morgan fingerprint density at radius 2 is 1.68 bits per heavy atom. The van der Waals surface area contributed by atoms with Gasteiger partial charge < -0.3 is 5.73 Å². The molecule has 6 nitrogen and oxygen atoms in total. The fraction of sp³-hybridized carbons (Fsp3) is 0.176. The lowest BCUT2D eigenvalue weighted by molar-refractivity contribution is 0.399. The van der Waals surface area contributed by atoms with E-state index >= 15 is 0 Å². The Balaban J connectivity index is 1.95. The first-order valence-electron chi connectivity index (χ1n) is 7.64. The molecule has 0 radical (unpaired) electrons. The fourth-order valence-electron chi connectivity index (χ4n) is 2.35. The van der Waals surface area contributed by atoms with Gasteiger partial charge in [-0.1, -0.05) is 59.4 Å². The molecule has 0 bridgehead atoms. The molecule has 8 heteroatoms. The summed E-state index contributed by atoms with van der Waals surface area (Å²) >= 11 is 1.19. The highest BCUT2D eigenvalue weighted by atomic mass is 32.2. The smallest absolute Gasteiger partial charge is 0.243 e. The Labute approximate surface area is 151 Å². The van der Waals surface area contributed by atoms with Crippen molar-refractivity contribution in [1.82, 2.24) is 14.5 Å². The van der Waals surface area contributed by atoms with Crippen LogP contribution in [0.15, 0.2) is 59.5 Å². The van der Waals surface area contributed by atoms with Gasteiger partial charge in [0, 0.05) is 6.54 Å². The van der Waals surface area contributed by atoms with Crippen molar-refractivity contribution in [2.75, 3.05) is 5.73 Å². The average molecular weight is 374 g/mol. The van der Waals surface area contributed by atoms with Crippen molar-refractivity contribution in [3.05, 3.63) is 70.7 Å². The third-order valence-corrected chi connectivity index (χ3v) is 6.20. The molecule has 3 aromatic rings. The first-order valence-corrected chi connectivity index (χ1v) is 9.89. The van der Waals surface area contributed by atoms with E-state index in [1.54, 1.807) is 24.3 Å². The molecule has 2 N–H and O–H groups in total. The second kappa shape index (κ2) is 7.30. The van der Waals surface area contributed by atoms with E-state index in [4.69, 9.17) is 5.73 Å². The highest BCUT2D eigenvalue weighted by Crippen LogP contribution is 2.23. The number of rotatable bonds is 6. The molecule has 0 saturated carbocycles. The van der Waals surface area contributed by atoms with E-state index in [2.05, 4.69) is 10.2 Å². The molecule has 25 heavy (non-hydrogen) atoms. The molecular formula is C17H18N4O2S2. The van der Waals surface area contributed by atoms with Crippen LogP contribution in [0.5, 0.6) is 0 Å². The number of nitrogens with two attached hydrogens (primary N) is 1. The van der Waals surface area contributed by atoms with Gasteiger partial charge in [0.1, 0.15) is 5.01 Å². The van der Waals surface area contributed by atoms with Crippen molar-refractivity contribution >= 4 is 26.5 Å². The first kappa shape index (κ1) is 17.5. The van der Waals surface area contributed by atoms with E-state index in [1.807, 2.05) is 37.3 Å². The molecule has 130 valence electrons. The van der Waals surface area contributed by atoms with E-state index in [9.17, 15) is 8.42 Å². The van der Waals surface area contributed by atoms with Gasteiger partial charge in [0.05, 0.1) is 11.4 Å². The molecule has 2 aromatic carbocycles. The van der Waals surface area contributed by atoms with E-state index in [1.165, 1.54) is 15.6 Å². The van der Waals surface area contributed by atoms with Crippen LogP contribution in [0.4, 0.5) is 5.13 Å². The summed E-state index contributed by atoms with van der Waals surface area (Å²) in [6.45, 7) is 2.29. The van der Waals surface area contributed by atoms with Gasteiger partial charge in [-0.3, -0.25) is 0 Å². The molecule has 0 aliphatic heterocycles. The maximum atomic E-state index is 13.1. The van der Waals surface area contributed by atoms with Crippen LogP contribution in [-0.4, -0.2) is 22.9 Å². The van der Waals surface area contributed by atoms with Crippen LogP contribution in [0.3, 0.4) is 0 Å². The molecule has 0 aliphatic carbocycles. The van der Waals surface area contributed by atoms with Crippen molar-refractivity contribution < 1.29 is 8.42 Å². The van der Waals surface area contributed by atoms with Crippen molar-refractivity contribution in [3.8, 4) is 0 Å². The van der Waals surface area contributed by atoms with Crippen LogP contribution < -0.4 is 5.73 Å². The second-order valence-electron chi connectivity index (χ2n) is 5.61. The maximum Gasteiger partial charge on any atom is 0.243 e. The normalized spacial score (nSPS) is 11.8. The Morgan fingerprint density at radius 3 is 2.28 bits per heavy atom. The summed E-state index contributed by atoms with van der Waals surface area (Å²) in [5.74, 6) is 0. The zero-order valence-electron chi connectivity index (χ0n) is 13.7. The average Bonchev–Trinajstić information content (AvgIpc) is 3.01. The minimum absolute atomic E-state index is 0.125. The Morgan fingerprint density at radius 1 is 1.00 bits per heavy atom. The monoisotopic (exact) mass is 374 g/mol. The molecule has 0 spiro atoms. The number of aromatic nitrogens is 2. The Kier molecular flexibility index (Phi) is 5.12. The summed E-state index contributed by atoms with van der Waals surface area (Å²) < 4.78 is 27.6. The number of anilines is 1. The maximum absolute atomic E-state index is 13.1. The predicted octanol–water partition coefficient (Wildman–Crippen LogP) is 2.82. The quantitative estimate of drug-likeness (QED) is 0.717. The Bertz CT molecular complexity index is 938. The van der Waals surface area contributed by atoms with E-state index in [-0.39, 0.29) is 18.0 Å². The SMILES string of the molecule is Cc1ccc(S(=O)(=O)N(Cc2ccccc2)Cc2nnc(N)s2)cc1. The number of sulfonamides is 1. The summed E-state index contributed by atoms with van der Waals surface area (Å²) in [7, 11) is -3.67. The van der Waals surface area contributed by atoms with Crippen LogP contribution in [0, 0.1) is 6.92 Å². The van der Waals surface area contributed by atoms with Gasteiger partial charge >= 0.3 is 0 Å². The first-order chi connectivity index (χ1) is 11.9. The zero-order chi connectivity index (χ0) is 17.9. The Hall–Kier alpha value is -2.29. The predicted molar refractivity (Wildman–Crippen MR) is 98.4 cm³/mol. The molecule has 3 rings (SSSR count). The molecular weight excluding hydrogens is 356 g/mol. The topological polar surface area (TPSA) is 89.2 Å². The number of nitrogens with zero attached hydrogens (tertiary/aromatic N) is 3. The molecule has 0 amide bonds. The van der Waals surface area contributed by atoms with Crippen LogP contribution >= 0.6 is 11.3 Å². The summed E-state index contributed by atoms with van der Waals surface area (Å²) in [5.41, 5.74) is 7.52. The third-order valence-electron chi connectivity index (χ3n) is 3.65. The van der Waals surface area contributed by atoms with Gasteiger partial charge in [-0.2, -0.15) is 4.31 Å². The van der Waals surface area contributed by atoms with Gasteiger partial charge in [0.15, 0.2) is 0 Å². The minimum Gasteiger partial charge on any atom is -0.374 e. The van der Waals surface area contributed by atoms with Crippen molar-refractivity contribution in [2.24, 2.45) is 0 Å². The second-order valence-corrected chi connectivity index (χ2v) is 8.64. The highest BCUT2D eigenvalue weighted by molar-refractivity contribution is 7.89. The van der Waals surface area contributed by atoms with Gasteiger partial charge in [-0.15, -0.1) is 10.2 Å². The lowest BCUT2D eigenvalue weighted by atomic mass is 10.2. The van der Waals surface area contributed by atoms with Crippen molar-refractivity contribution in [1.29, 1.82) is 0 Å².